The zero-order valence-corrected chi connectivity index (χ0v) is 14.8. The lowest BCUT2D eigenvalue weighted by molar-refractivity contribution is 0.0971. The number of hydrogen-bond donors (Lipinski definition) is 0. The molecule has 0 bridgehead atoms. The van der Waals surface area contributed by atoms with Gasteiger partial charge in [-0.3, -0.25) is 4.79 Å². The molecule has 0 amide bonds. The molecule has 1 unspecified atom stereocenters. The summed E-state index contributed by atoms with van der Waals surface area (Å²) in [4.78, 5) is 12.4. The van der Waals surface area contributed by atoms with Crippen molar-refractivity contribution in [2.75, 3.05) is 26.3 Å². The summed E-state index contributed by atoms with van der Waals surface area (Å²) in [5.41, 5.74) is 0.788. The molecule has 2 aromatic rings. The summed E-state index contributed by atoms with van der Waals surface area (Å²) in [6, 6.07) is 11.7. The van der Waals surface area contributed by atoms with Crippen LogP contribution in [0.4, 0.5) is 0 Å². The van der Waals surface area contributed by atoms with Gasteiger partial charge in [-0.1, -0.05) is 40.7 Å². The van der Waals surface area contributed by atoms with Gasteiger partial charge >= 0.3 is 0 Å². The van der Waals surface area contributed by atoms with Crippen LogP contribution < -0.4 is 9.25 Å². The minimum absolute atomic E-state index is 0.0641. The SMILES string of the molecule is CC(Sc1cc(=[N+]2CCOCC2)ss1)C(=O)c1ccccc1. The number of Topliss-reactive ketones (excluding diaryl/α,β-unsaturated/α-hetero) is 1. The second kappa shape index (κ2) is 7.55. The third kappa shape index (κ3) is 3.87. The van der Waals surface area contributed by atoms with Crippen molar-refractivity contribution in [1.29, 1.82) is 0 Å². The summed E-state index contributed by atoms with van der Waals surface area (Å²) in [6.45, 7) is 5.49. The Hall–Kier alpha value is -0.950. The Kier molecular flexibility index (Phi) is 5.46. The Morgan fingerprint density at radius 1 is 1.23 bits per heavy atom. The standard InChI is InChI=1S/C16H18NO2S3/c1-12(16(18)13-5-3-2-4-6-13)20-15-11-14(21-22-15)17-7-9-19-10-8-17/h2-6,11-12H,7-10H2,1H3/q+1. The number of benzene rings is 1. The second-order valence-electron chi connectivity index (χ2n) is 5.06. The fourth-order valence-corrected chi connectivity index (χ4v) is 6.34. The predicted octanol–water partition coefficient (Wildman–Crippen LogP) is 2.98. The summed E-state index contributed by atoms with van der Waals surface area (Å²) in [5, 5.41) is -0.0641. The van der Waals surface area contributed by atoms with Gasteiger partial charge in [-0.25, -0.2) is 4.58 Å². The summed E-state index contributed by atoms with van der Waals surface area (Å²) in [5.74, 6) is 0.192. The molecule has 3 nitrogen and oxygen atoms in total. The molecule has 1 aromatic carbocycles. The van der Waals surface area contributed by atoms with Crippen LogP contribution in [0.2, 0.25) is 0 Å². The van der Waals surface area contributed by atoms with E-state index in [0.29, 0.717) is 0 Å². The molecule has 2 heterocycles. The van der Waals surface area contributed by atoms with Crippen LogP contribution in [-0.4, -0.2) is 37.3 Å². The monoisotopic (exact) mass is 352 g/mol. The van der Waals surface area contributed by atoms with E-state index < -0.39 is 0 Å². The van der Waals surface area contributed by atoms with Crippen LogP contribution in [0.3, 0.4) is 0 Å². The molecule has 3 rings (SSSR count). The highest BCUT2D eigenvalue weighted by molar-refractivity contribution is 8.03. The van der Waals surface area contributed by atoms with Crippen molar-refractivity contribution in [2.45, 2.75) is 16.4 Å². The zero-order valence-electron chi connectivity index (χ0n) is 12.4. The molecule has 0 spiro atoms. The van der Waals surface area contributed by atoms with Crippen LogP contribution >= 0.6 is 32.4 Å². The van der Waals surface area contributed by atoms with Gasteiger partial charge in [0.25, 0.3) is 4.67 Å². The van der Waals surface area contributed by atoms with E-state index >= 15 is 0 Å². The Morgan fingerprint density at radius 2 is 1.95 bits per heavy atom. The van der Waals surface area contributed by atoms with Crippen molar-refractivity contribution in [2.24, 2.45) is 0 Å². The predicted molar refractivity (Wildman–Crippen MR) is 94.1 cm³/mol. The molecule has 0 aliphatic carbocycles. The Labute approximate surface area is 141 Å². The van der Waals surface area contributed by atoms with Gasteiger partial charge in [0.2, 0.25) is 0 Å². The first-order valence-corrected chi connectivity index (χ1v) is 10.3. The molecule has 1 saturated heterocycles. The van der Waals surface area contributed by atoms with Crippen molar-refractivity contribution in [3.8, 4) is 0 Å². The fraction of sp³-hybridized carbons (Fsp3) is 0.375. The largest absolute Gasteiger partial charge is 0.368 e. The molecule has 116 valence electrons. The van der Waals surface area contributed by atoms with Crippen LogP contribution in [0.5, 0.6) is 0 Å². The van der Waals surface area contributed by atoms with E-state index in [1.807, 2.05) is 37.3 Å². The van der Waals surface area contributed by atoms with Gasteiger partial charge in [0, 0.05) is 11.6 Å². The highest BCUT2D eigenvalue weighted by Gasteiger charge is 2.19. The van der Waals surface area contributed by atoms with Crippen LogP contribution in [0, 0.1) is 0 Å². The van der Waals surface area contributed by atoms with Gasteiger partial charge in [-0.05, 0) is 17.3 Å². The molecule has 1 aliphatic rings. The van der Waals surface area contributed by atoms with E-state index in [-0.39, 0.29) is 11.0 Å². The normalized spacial score (nSPS) is 16.5. The first-order chi connectivity index (χ1) is 10.7. The lowest BCUT2D eigenvalue weighted by Crippen LogP contribution is -2.38. The van der Waals surface area contributed by atoms with Crippen LogP contribution in [0.15, 0.2) is 40.6 Å². The zero-order chi connectivity index (χ0) is 15.4. The van der Waals surface area contributed by atoms with E-state index in [2.05, 4.69) is 10.6 Å². The smallest absolute Gasteiger partial charge is 0.268 e. The maximum absolute atomic E-state index is 12.4. The first kappa shape index (κ1) is 15.9. The van der Waals surface area contributed by atoms with Crippen LogP contribution in [-0.2, 0) is 4.74 Å². The molecule has 1 atom stereocenters. The lowest BCUT2D eigenvalue weighted by atomic mass is 10.1. The summed E-state index contributed by atoms with van der Waals surface area (Å²) in [6.07, 6.45) is 0. The third-order valence-electron chi connectivity index (χ3n) is 3.49. The Balaban J connectivity index is 1.71. The highest BCUT2D eigenvalue weighted by atomic mass is 32.9. The average Bonchev–Trinajstić information content (AvgIpc) is 3.04. The molecule has 0 radical (unpaired) electrons. The van der Waals surface area contributed by atoms with E-state index in [1.165, 1.54) is 8.88 Å². The lowest BCUT2D eigenvalue weighted by Gasteiger charge is -2.09. The molecule has 6 heteroatoms. The summed E-state index contributed by atoms with van der Waals surface area (Å²) in [7, 11) is 3.54. The number of carbonyl (C=O) groups is 1. The van der Waals surface area contributed by atoms with Gasteiger partial charge in [-0.15, -0.1) is 11.8 Å². The van der Waals surface area contributed by atoms with E-state index in [1.54, 1.807) is 32.4 Å². The first-order valence-electron chi connectivity index (χ1n) is 7.26. The molecule has 0 saturated carbocycles. The molecule has 22 heavy (non-hydrogen) atoms. The van der Waals surface area contributed by atoms with E-state index in [0.717, 1.165) is 31.9 Å². The average molecular weight is 353 g/mol. The minimum Gasteiger partial charge on any atom is -0.368 e. The van der Waals surface area contributed by atoms with Crippen molar-refractivity contribution in [3.05, 3.63) is 46.6 Å². The number of nitrogens with zero attached hydrogens (tertiary/aromatic N) is 1. The molecular formula is C16H18NO2S3+. The molecule has 1 aromatic heterocycles. The topological polar surface area (TPSA) is 29.3 Å². The van der Waals surface area contributed by atoms with Gasteiger partial charge in [0.15, 0.2) is 18.9 Å². The molecule has 1 fully saturated rings. The number of ether oxygens (including phenoxy) is 1. The Morgan fingerprint density at radius 3 is 2.68 bits per heavy atom. The van der Waals surface area contributed by atoms with Gasteiger partial charge in [0.1, 0.15) is 13.2 Å². The number of carbonyl (C=O) groups excluding carboxylic acids is 1. The number of rotatable bonds is 4. The second-order valence-corrected chi connectivity index (χ2v) is 8.89. The maximum Gasteiger partial charge on any atom is 0.268 e. The van der Waals surface area contributed by atoms with Crippen molar-refractivity contribution >= 4 is 38.2 Å². The number of hydrogen-bond acceptors (Lipinski definition) is 5. The quantitative estimate of drug-likeness (QED) is 0.367. The molecule has 1 aliphatic heterocycles. The Bertz CT molecular complexity index is 697. The van der Waals surface area contributed by atoms with Gasteiger partial charge < -0.3 is 4.74 Å². The number of ketones is 1. The van der Waals surface area contributed by atoms with Crippen molar-refractivity contribution in [3.63, 3.8) is 0 Å². The fourth-order valence-electron chi connectivity index (χ4n) is 2.28. The molecule has 0 N–H and O–H groups in total. The highest BCUT2D eigenvalue weighted by Crippen LogP contribution is 2.29. The third-order valence-corrected chi connectivity index (χ3v) is 7.48. The number of morpholine rings is 1. The summed E-state index contributed by atoms with van der Waals surface area (Å²) < 4.78 is 10.2. The number of thioether (sulfide) groups is 1. The van der Waals surface area contributed by atoms with Crippen molar-refractivity contribution < 1.29 is 9.53 Å². The van der Waals surface area contributed by atoms with E-state index in [9.17, 15) is 4.79 Å². The van der Waals surface area contributed by atoms with Crippen LogP contribution in [0.1, 0.15) is 17.3 Å². The summed E-state index contributed by atoms with van der Waals surface area (Å²) >= 11 is 1.65. The van der Waals surface area contributed by atoms with Crippen LogP contribution in [0.25, 0.3) is 0 Å². The van der Waals surface area contributed by atoms with E-state index in [4.69, 9.17) is 4.74 Å². The molecular weight excluding hydrogens is 334 g/mol. The minimum atomic E-state index is -0.0641. The van der Waals surface area contributed by atoms with Gasteiger partial charge in [0.05, 0.1) is 9.46 Å². The van der Waals surface area contributed by atoms with Gasteiger partial charge in [-0.2, -0.15) is 0 Å². The van der Waals surface area contributed by atoms with Crippen molar-refractivity contribution in [1.82, 2.24) is 4.58 Å². The maximum atomic E-state index is 12.4.